The van der Waals surface area contributed by atoms with E-state index in [9.17, 15) is 5.11 Å². The average Bonchev–Trinajstić information content (AvgIpc) is 2.17. The van der Waals surface area contributed by atoms with E-state index in [-0.39, 0.29) is 0 Å². The number of hydrogen-bond donors (Lipinski definition) is 1. The molecule has 0 radical (unpaired) electrons. The normalized spacial score (nSPS) is 13.9. The van der Waals surface area contributed by atoms with Gasteiger partial charge in [0.15, 0.2) is 0 Å². The van der Waals surface area contributed by atoms with Gasteiger partial charge < -0.3 is 14.3 Å². The van der Waals surface area contributed by atoms with E-state index in [0.717, 1.165) is 6.54 Å². The van der Waals surface area contributed by atoms with Crippen molar-refractivity contribution in [3.05, 3.63) is 35.9 Å². The summed E-state index contributed by atoms with van der Waals surface area (Å²) in [6.07, 6.45) is -0.691. The van der Waals surface area contributed by atoms with Gasteiger partial charge in [0.25, 0.3) is 0 Å². The maximum atomic E-state index is 9.43. The van der Waals surface area contributed by atoms with Crippen molar-refractivity contribution in [3.63, 3.8) is 0 Å². The largest absolute Gasteiger partial charge is 0.364 e. The van der Waals surface area contributed by atoms with E-state index < -0.39 is 6.29 Å². The van der Waals surface area contributed by atoms with Crippen molar-refractivity contribution in [1.29, 1.82) is 0 Å². The van der Waals surface area contributed by atoms with Crippen molar-refractivity contribution in [2.24, 2.45) is 0 Å². The first-order valence-corrected chi connectivity index (χ1v) is 5.10. The minimum atomic E-state index is -0.691. The van der Waals surface area contributed by atoms with Crippen LogP contribution in [0.5, 0.6) is 0 Å². The van der Waals surface area contributed by atoms with Gasteiger partial charge in [0.2, 0.25) is 6.29 Å². The SMILES string of the molecule is COC(O)C[N+](C)(C)Cc1ccccc1. The second-order valence-corrected chi connectivity index (χ2v) is 4.45. The Balaban J connectivity index is 2.56. The van der Waals surface area contributed by atoms with Gasteiger partial charge in [-0.1, -0.05) is 30.3 Å². The van der Waals surface area contributed by atoms with Crippen molar-refractivity contribution in [3.8, 4) is 0 Å². The van der Waals surface area contributed by atoms with E-state index in [4.69, 9.17) is 4.74 Å². The lowest BCUT2D eigenvalue weighted by Gasteiger charge is -2.31. The summed E-state index contributed by atoms with van der Waals surface area (Å²) < 4.78 is 5.57. The Labute approximate surface area is 91.5 Å². The number of aliphatic hydroxyl groups excluding tert-OH is 1. The van der Waals surface area contributed by atoms with Gasteiger partial charge in [-0.05, 0) is 0 Å². The number of methoxy groups -OCH3 is 1. The van der Waals surface area contributed by atoms with Gasteiger partial charge in [0.05, 0.1) is 14.1 Å². The summed E-state index contributed by atoms with van der Waals surface area (Å²) in [5.74, 6) is 0. The zero-order valence-corrected chi connectivity index (χ0v) is 9.68. The highest BCUT2D eigenvalue weighted by molar-refractivity contribution is 5.13. The lowest BCUT2D eigenvalue weighted by molar-refractivity contribution is -0.909. The minimum absolute atomic E-state index is 0.589. The predicted octanol–water partition coefficient (Wildman–Crippen LogP) is 1.23. The second-order valence-electron chi connectivity index (χ2n) is 4.45. The monoisotopic (exact) mass is 210 g/mol. The van der Waals surface area contributed by atoms with Gasteiger partial charge >= 0.3 is 0 Å². The molecule has 0 aliphatic heterocycles. The summed E-state index contributed by atoms with van der Waals surface area (Å²) in [6.45, 7) is 1.48. The Morgan fingerprint density at radius 3 is 2.40 bits per heavy atom. The summed E-state index contributed by atoms with van der Waals surface area (Å²) >= 11 is 0. The molecular weight excluding hydrogens is 190 g/mol. The number of likely N-dealkylation sites (N-methyl/N-ethyl adjacent to an activating group) is 1. The minimum Gasteiger partial charge on any atom is -0.364 e. The molecule has 0 fully saturated rings. The van der Waals surface area contributed by atoms with E-state index in [1.54, 1.807) is 0 Å². The van der Waals surface area contributed by atoms with Gasteiger partial charge in [-0.3, -0.25) is 0 Å². The zero-order chi connectivity index (χ0) is 11.3. The molecular formula is C12H20NO2+. The third kappa shape index (κ3) is 4.42. The van der Waals surface area contributed by atoms with Crippen LogP contribution in [0.25, 0.3) is 0 Å². The summed E-state index contributed by atoms with van der Waals surface area (Å²) in [6, 6.07) is 10.3. The number of rotatable bonds is 5. The Morgan fingerprint density at radius 1 is 1.27 bits per heavy atom. The van der Waals surface area contributed by atoms with Gasteiger partial charge in [0.1, 0.15) is 13.1 Å². The molecule has 0 amide bonds. The van der Waals surface area contributed by atoms with Crippen LogP contribution in [-0.4, -0.2) is 43.6 Å². The van der Waals surface area contributed by atoms with Crippen LogP contribution in [0.4, 0.5) is 0 Å². The topological polar surface area (TPSA) is 29.5 Å². The molecule has 1 unspecified atom stereocenters. The molecule has 1 aromatic rings. The van der Waals surface area contributed by atoms with Crippen molar-refractivity contribution in [2.75, 3.05) is 27.7 Å². The number of quaternary nitrogens is 1. The van der Waals surface area contributed by atoms with E-state index in [2.05, 4.69) is 26.2 Å². The molecule has 0 heterocycles. The fourth-order valence-electron chi connectivity index (χ4n) is 1.64. The van der Waals surface area contributed by atoms with Crippen LogP contribution in [0.3, 0.4) is 0 Å². The van der Waals surface area contributed by atoms with Crippen molar-refractivity contribution < 1.29 is 14.3 Å². The number of hydrogen-bond acceptors (Lipinski definition) is 2. The molecule has 1 aromatic carbocycles. The third-order valence-corrected chi connectivity index (χ3v) is 2.38. The smallest absolute Gasteiger partial charge is 0.204 e. The van der Waals surface area contributed by atoms with E-state index in [0.29, 0.717) is 11.0 Å². The Kier molecular flexibility index (Phi) is 4.27. The molecule has 0 aliphatic carbocycles. The quantitative estimate of drug-likeness (QED) is 0.585. The van der Waals surface area contributed by atoms with Crippen LogP contribution in [0, 0.1) is 0 Å². The molecule has 0 aliphatic rings. The lowest BCUT2D eigenvalue weighted by atomic mass is 10.2. The molecule has 3 heteroatoms. The molecule has 0 spiro atoms. The maximum absolute atomic E-state index is 9.43. The Morgan fingerprint density at radius 2 is 1.87 bits per heavy atom. The molecule has 0 bridgehead atoms. The highest BCUT2D eigenvalue weighted by atomic mass is 16.6. The number of aliphatic hydroxyl groups is 1. The van der Waals surface area contributed by atoms with Gasteiger partial charge in [-0.25, -0.2) is 0 Å². The first-order valence-electron chi connectivity index (χ1n) is 5.10. The molecule has 1 atom stereocenters. The van der Waals surface area contributed by atoms with Crippen LogP contribution < -0.4 is 0 Å². The summed E-state index contributed by atoms with van der Waals surface area (Å²) in [4.78, 5) is 0. The first-order chi connectivity index (χ1) is 7.03. The molecule has 0 saturated heterocycles. The van der Waals surface area contributed by atoms with Crippen LogP contribution in [0.1, 0.15) is 5.56 Å². The van der Waals surface area contributed by atoms with Crippen LogP contribution in [0.2, 0.25) is 0 Å². The van der Waals surface area contributed by atoms with E-state index in [1.807, 2.05) is 18.2 Å². The maximum Gasteiger partial charge on any atom is 0.204 e. The lowest BCUT2D eigenvalue weighted by Crippen LogP contribution is -2.45. The van der Waals surface area contributed by atoms with Crippen LogP contribution in [0.15, 0.2) is 30.3 Å². The molecule has 0 aromatic heterocycles. The standard InChI is InChI=1S/C12H20NO2/c1-13(2,10-12(14)15-3)9-11-7-5-4-6-8-11/h4-8,12,14H,9-10H2,1-3H3/q+1. The molecule has 3 nitrogen and oxygen atoms in total. The Hall–Kier alpha value is -0.900. The van der Waals surface area contributed by atoms with Gasteiger partial charge in [-0.2, -0.15) is 0 Å². The first kappa shape index (κ1) is 12.2. The van der Waals surface area contributed by atoms with E-state index in [1.165, 1.54) is 12.7 Å². The fourth-order valence-corrected chi connectivity index (χ4v) is 1.64. The number of ether oxygens (including phenoxy) is 1. The Bertz CT molecular complexity index is 285. The highest BCUT2D eigenvalue weighted by Gasteiger charge is 2.20. The average molecular weight is 210 g/mol. The van der Waals surface area contributed by atoms with Crippen molar-refractivity contribution >= 4 is 0 Å². The second kappa shape index (κ2) is 5.26. The molecule has 1 rings (SSSR count). The van der Waals surface area contributed by atoms with Crippen molar-refractivity contribution in [2.45, 2.75) is 12.8 Å². The molecule has 15 heavy (non-hydrogen) atoms. The number of nitrogens with zero attached hydrogens (tertiary/aromatic N) is 1. The van der Waals surface area contributed by atoms with E-state index >= 15 is 0 Å². The highest BCUT2D eigenvalue weighted by Crippen LogP contribution is 2.09. The van der Waals surface area contributed by atoms with Crippen molar-refractivity contribution in [1.82, 2.24) is 0 Å². The van der Waals surface area contributed by atoms with Gasteiger partial charge in [0, 0.05) is 12.7 Å². The van der Waals surface area contributed by atoms with Gasteiger partial charge in [-0.15, -0.1) is 0 Å². The fraction of sp³-hybridized carbons (Fsp3) is 0.500. The predicted molar refractivity (Wildman–Crippen MR) is 60.1 cm³/mol. The zero-order valence-electron chi connectivity index (χ0n) is 9.68. The molecule has 84 valence electrons. The number of benzene rings is 1. The molecule has 1 N–H and O–H groups in total. The molecule has 0 saturated carbocycles. The summed E-state index contributed by atoms with van der Waals surface area (Å²) in [5.41, 5.74) is 1.27. The summed E-state index contributed by atoms with van der Waals surface area (Å²) in [7, 11) is 5.68. The van der Waals surface area contributed by atoms with Crippen LogP contribution in [-0.2, 0) is 11.3 Å². The van der Waals surface area contributed by atoms with Crippen LogP contribution >= 0.6 is 0 Å². The summed E-state index contributed by atoms with van der Waals surface area (Å²) in [5, 5.41) is 9.43. The third-order valence-electron chi connectivity index (χ3n) is 2.38.